The number of carbonyl (C=O) groups excluding carboxylic acids is 1. The molecule has 21 heavy (non-hydrogen) atoms. The van der Waals surface area contributed by atoms with Crippen LogP contribution in [0.3, 0.4) is 0 Å². The van der Waals surface area contributed by atoms with E-state index in [1.807, 2.05) is 0 Å². The number of amides is 1. The highest BCUT2D eigenvalue weighted by Gasteiger charge is 2.05. The molecule has 0 aliphatic rings. The van der Waals surface area contributed by atoms with E-state index in [4.69, 9.17) is 5.11 Å². The van der Waals surface area contributed by atoms with E-state index >= 15 is 0 Å². The van der Waals surface area contributed by atoms with Crippen LogP contribution in [0.15, 0.2) is 29.2 Å². The third-order valence-electron chi connectivity index (χ3n) is 2.84. The van der Waals surface area contributed by atoms with E-state index in [1.54, 1.807) is 18.2 Å². The van der Waals surface area contributed by atoms with Crippen molar-refractivity contribution in [1.29, 1.82) is 0 Å². The second kappa shape index (κ2) is 10.2. The van der Waals surface area contributed by atoms with E-state index in [0.29, 0.717) is 17.9 Å². The first-order chi connectivity index (χ1) is 10.1. The van der Waals surface area contributed by atoms with E-state index < -0.39 is 5.97 Å². The maximum atomic E-state index is 13.3. The molecule has 6 heteroatoms. The maximum absolute atomic E-state index is 13.3. The van der Waals surface area contributed by atoms with Gasteiger partial charge in [0, 0.05) is 17.9 Å². The number of unbranched alkanes of at least 4 members (excludes halogenated alkanes) is 3. The summed E-state index contributed by atoms with van der Waals surface area (Å²) in [7, 11) is 0. The number of aliphatic carboxylic acids is 1. The van der Waals surface area contributed by atoms with Crippen molar-refractivity contribution in [3.8, 4) is 0 Å². The molecular formula is C15H20FNO3S. The van der Waals surface area contributed by atoms with E-state index in [9.17, 15) is 14.0 Å². The number of carboxylic acid groups (broad SMARTS) is 1. The minimum absolute atomic E-state index is 0.117. The molecule has 0 spiro atoms. The summed E-state index contributed by atoms with van der Waals surface area (Å²) in [5.41, 5.74) is 0. The summed E-state index contributed by atoms with van der Waals surface area (Å²) in [6.45, 7) is 0.573. The number of carbonyl (C=O) groups is 2. The Kier molecular flexibility index (Phi) is 8.50. The second-order valence-corrected chi connectivity index (χ2v) is 5.64. The van der Waals surface area contributed by atoms with Crippen LogP contribution in [0.1, 0.15) is 32.1 Å². The summed E-state index contributed by atoms with van der Waals surface area (Å²) in [5.74, 6) is -1.00. The Balaban J connectivity index is 2.04. The molecule has 0 unspecified atom stereocenters. The topological polar surface area (TPSA) is 66.4 Å². The average molecular weight is 313 g/mol. The SMILES string of the molecule is O=C(O)CCCCCCNC(=O)CSc1ccccc1F. The van der Waals surface area contributed by atoms with Crippen LogP contribution in [-0.2, 0) is 9.59 Å². The van der Waals surface area contributed by atoms with Gasteiger partial charge in [-0.3, -0.25) is 9.59 Å². The molecule has 0 aliphatic heterocycles. The molecule has 1 amide bonds. The summed E-state index contributed by atoms with van der Waals surface area (Å²) in [4.78, 5) is 22.4. The van der Waals surface area contributed by atoms with Crippen LogP contribution in [-0.4, -0.2) is 29.3 Å². The van der Waals surface area contributed by atoms with E-state index in [0.717, 1.165) is 19.3 Å². The Morgan fingerprint density at radius 3 is 2.57 bits per heavy atom. The van der Waals surface area contributed by atoms with Gasteiger partial charge in [0.25, 0.3) is 0 Å². The lowest BCUT2D eigenvalue weighted by Crippen LogP contribution is -2.26. The Labute approximate surface area is 128 Å². The Bertz CT molecular complexity index is 468. The van der Waals surface area contributed by atoms with Crippen molar-refractivity contribution in [2.24, 2.45) is 0 Å². The van der Waals surface area contributed by atoms with Gasteiger partial charge in [0.15, 0.2) is 0 Å². The van der Waals surface area contributed by atoms with Gasteiger partial charge in [0.05, 0.1) is 5.75 Å². The lowest BCUT2D eigenvalue weighted by atomic mass is 10.1. The Morgan fingerprint density at radius 2 is 1.86 bits per heavy atom. The number of nitrogens with one attached hydrogen (secondary N) is 1. The van der Waals surface area contributed by atoms with E-state index in [2.05, 4.69) is 5.32 Å². The minimum atomic E-state index is -0.770. The Morgan fingerprint density at radius 1 is 1.14 bits per heavy atom. The molecular weight excluding hydrogens is 293 g/mol. The fourth-order valence-electron chi connectivity index (χ4n) is 1.74. The van der Waals surface area contributed by atoms with Gasteiger partial charge in [0.1, 0.15) is 5.82 Å². The van der Waals surface area contributed by atoms with Gasteiger partial charge in [-0.25, -0.2) is 4.39 Å². The largest absolute Gasteiger partial charge is 0.481 e. The monoisotopic (exact) mass is 313 g/mol. The zero-order valence-corrected chi connectivity index (χ0v) is 12.6. The fraction of sp³-hybridized carbons (Fsp3) is 0.467. The number of carboxylic acids is 1. The highest BCUT2D eigenvalue weighted by atomic mass is 32.2. The zero-order chi connectivity index (χ0) is 15.5. The van der Waals surface area contributed by atoms with Gasteiger partial charge < -0.3 is 10.4 Å². The minimum Gasteiger partial charge on any atom is -0.481 e. The third-order valence-corrected chi connectivity index (χ3v) is 3.88. The number of halogens is 1. The first kappa shape index (κ1) is 17.5. The molecule has 0 aliphatic carbocycles. The van der Waals surface area contributed by atoms with Crippen molar-refractivity contribution >= 4 is 23.6 Å². The molecule has 1 rings (SSSR count). The summed E-state index contributed by atoms with van der Waals surface area (Å²) in [6.07, 6.45) is 3.45. The third kappa shape index (κ3) is 8.34. The second-order valence-electron chi connectivity index (χ2n) is 4.63. The van der Waals surface area contributed by atoms with Crippen molar-refractivity contribution in [3.05, 3.63) is 30.1 Å². The van der Waals surface area contributed by atoms with Crippen molar-refractivity contribution in [3.63, 3.8) is 0 Å². The van der Waals surface area contributed by atoms with Gasteiger partial charge >= 0.3 is 5.97 Å². The van der Waals surface area contributed by atoms with E-state index in [-0.39, 0.29) is 23.9 Å². The highest BCUT2D eigenvalue weighted by molar-refractivity contribution is 8.00. The molecule has 0 aromatic heterocycles. The molecule has 0 heterocycles. The molecule has 0 atom stereocenters. The van der Waals surface area contributed by atoms with Gasteiger partial charge in [-0.2, -0.15) is 0 Å². The predicted octanol–water partition coefficient (Wildman–Crippen LogP) is 3.07. The van der Waals surface area contributed by atoms with Gasteiger partial charge in [-0.05, 0) is 25.0 Å². The first-order valence-corrected chi connectivity index (χ1v) is 7.94. The van der Waals surface area contributed by atoms with Crippen LogP contribution in [0.2, 0.25) is 0 Å². The number of thioether (sulfide) groups is 1. The molecule has 0 fully saturated rings. The van der Waals surface area contributed by atoms with Gasteiger partial charge in [-0.15, -0.1) is 11.8 Å². The predicted molar refractivity (Wildman–Crippen MR) is 80.9 cm³/mol. The lowest BCUT2D eigenvalue weighted by Gasteiger charge is -2.05. The molecule has 1 aromatic rings. The fourth-order valence-corrected chi connectivity index (χ4v) is 2.51. The summed E-state index contributed by atoms with van der Waals surface area (Å²) >= 11 is 1.18. The number of hydrogen-bond donors (Lipinski definition) is 2. The summed E-state index contributed by atoms with van der Waals surface area (Å²) in [6, 6.07) is 6.37. The molecule has 0 bridgehead atoms. The first-order valence-electron chi connectivity index (χ1n) is 6.95. The van der Waals surface area contributed by atoms with Crippen LogP contribution >= 0.6 is 11.8 Å². The van der Waals surface area contributed by atoms with Crippen molar-refractivity contribution in [2.75, 3.05) is 12.3 Å². The lowest BCUT2D eigenvalue weighted by molar-refractivity contribution is -0.137. The molecule has 1 aromatic carbocycles. The molecule has 116 valence electrons. The van der Waals surface area contributed by atoms with Crippen LogP contribution in [0.25, 0.3) is 0 Å². The van der Waals surface area contributed by atoms with Crippen molar-refractivity contribution in [1.82, 2.24) is 5.32 Å². The Hall–Kier alpha value is -1.56. The zero-order valence-electron chi connectivity index (χ0n) is 11.8. The molecule has 0 saturated carbocycles. The van der Waals surface area contributed by atoms with Crippen molar-refractivity contribution in [2.45, 2.75) is 37.0 Å². The van der Waals surface area contributed by atoms with E-state index in [1.165, 1.54) is 17.8 Å². The van der Waals surface area contributed by atoms with Crippen molar-refractivity contribution < 1.29 is 19.1 Å². The van der Waals surface area contributed by atoms with Crippen LogP contribution < -0.4 is 5.32 Å². The molecule has 0 radical (unpaired) electrons. The van der Waals surface area contributed by atoms with Gasteiger partial charge in [-0.1, -0.05) is 25.0 Å². The quantitative estimate of drug-likeness (QED) is 0.514. The molecule has 4 nitrogen and oxygen atoms in total. The number of benzene rings is 1. The maximum Gasteiger partial charge on any atom is 0.303 e. The molecule has 0 saturated heterocycles. The summed E-state index contributed by atoms with van der Waals surface area (Å²) < 4.78 is 13.3. The normalized spacial score (nSPS) is 10.3. The number of hydrogen-bond acceptors (Lipinski definition) is 3. The van der Waals surface area contributed by atoms with Crippen LogP contribution in [0.5, 0.6) is 0 Å². The highest BCUT2D eigenvalue weighted by Crippen LogP contribution is 2.20. The summed E-state index contributed by atoms with van der Waals surface area (Å²) in [5, 5.41) is 11.2. The van der Waals surface area contributed by atoms with Crippen LogP contribution in [0, 0.1) is 5.82 Å². The van der Waals surface area contributed by atoms with Gasteiger partial charge in [0.2, 0.25) is 5.91 Å². The van der Waals surface area contributed by atoms with Crippen LogP contribution in [0.4, 0.5) is 4.39 Å². The standard InChI is InChI=1S/C15H20FNO3S/c16-12-7-4-5-8-13(12)21-11-14(18)17-10-6-2-1-3-9-15(19)20/h4-5,7-8H,1-3,6,9-11H2,(H,17,18)(H,19,20). The average Bonchev–Trinajstić information content (AvgIpc) is 2.45. The molecule has 2 N–H and O–H groups in total. The smallest absolute Gasteiger partial charge is 0.303 e. The number of rotatable bonds is 10.